The summed E-state index contributed by atoms with van der Waals surface area (Å²) in [6, 6.07) is 2.02. The van der Waals surface area contributed by atoms with Gasteiger partial charge >= 0.3 is 5.97 Å². The van der Waals surface area contributed by atoms with Crippen molar-refractivity contribution in [2.75, 3.05) is 11.4 Å². The summed E-state index contributed by atoms with van der Waals surface area (Å²) in [7, 11) is 1.90. The van der Waals surface area contributed by atoms with Crippen LogP contribution in [-0.4, -0.2) is 33.4 Å². The number of nitrogens with zero attached hydrogens (tertiary/aromatic N) is 3. The summed E-state index contributed by atoms with van der Waals surface area (Å²) in [5.74, 6) is -0.0932. The Morgan fingerprint density at radius 2 is 2.29 bits per heavy atom. The number of aliphatic carboxylic acids is 1. The van der Waals surface area contributed by atoms with Gasteiger partial charge in [-0.3, -0.25) is 9.48 Å². The van der Waals surface area contributed by atoms with Gasteiger partial charge in [-0.25, -0.2) is 0 Å². The van der Waals surface area contributed by atoms with Crippen LogP contribution < -0.4 is 4.90 Å². The number of carboxylic acid groups (broad SMARTS) is 1. The summed E-state index contributed by atoms with van der Waals surface area (Å²) in [4.78, 5) is 13.3. The van der Waals surface area contributed by atoms with Crippen LogP contribution in [0.4, 0.5) is 5.82 Å². The quantitative estimate of drug-likeness (QED) is 0.845. The van der Waals surface area contributed by atoms with Gasteiger partial charge in [0.05, 0.1) is 5.92 Å². The molecule has 5 heteroatoms. The van der Waals surface area contributed by atoms with E-state index in [1.54, 1.807) is 0 Å². The number of piperidine rings is 1. The summed E-state index contributed by atoms with van der Waals surface area (Å²) >= 11 is 0. The molecule has 0 unspecified atom stereocenters. The van der Waals surface area contributed by atoms with Crippen molar-refractivity contribution < 1.29 is 9.90 Å². The molecule has 1 aliphatic heterocycles. The highest BCUT2D eigenvalue weighted by Crippen LogP contribution is 2.28. The fourth-order valence-electron chi connectivity index (χ4n) is 2.48. The molecule has 0 amide bonds. The first-order valence-electron chi connectivity index (χ1n) is 6.01. The third-order valence-electron chi connectivity index (χ3n) is 3.70. The standard InChI is InChI=1S/C12H19N3O2/c1-8-7-11(13-14(8)3)15-6-4-5-10(9(15)2)12(16)17/h7,9-10H,4-6H2,1-3H3,(H,16,17)/t9-,10+/m1/s1. The Morgan fingerprint density at radius 3 is 2.82 bits per heavy atom. The van der Waals surface area contributed by atoms with E-state index in [0.717, 1.165) is 30.9 Å². The second-order valence-electron chi connectivity index (χ2n) is 4.79. The van der Waals surface area contributed by atoms with Crippen LogP contribution in [-0.2, 0) is 11.8 Å². The lowest BCUT2D eigenvalue weighted by Gasteiger charge is -2.37. The van der Waals surface area contributed by atoms with Crippen molar-refractivity contribution in [3.8, 4) is 0 Å². The van der Waals surface area contributed by atoms with E-state index in [9.17, 15) is 9.90 Å². The Morgan fingerprint density at radius 1 is 1.59 bits per heavy atom. The van der Waals surface area contributed by atoms with Crippen molar-refractivity contribution in [2.45, 2.75) is 32.7 Å². The van der Waals surface area contributed by atoms with Crippen LogP contribution >= 0.6 is 0 Å². The predicted molar refractivity (Wildman–Crippen MR) is 65.1 cm³/mol. The first-order valence-corrected chi connectivity index (χ1v) is 6.01. The van der Waals surface area contributed by atoms with Gasteiger partial charge in [-0.05, 0) is 26.7 Å². The number of aromatic nitrogens is 2. The Hall–Kier alpha value is -1.52. The van der Waals surface area contributed by atoms with Crippen molar-refractivity contribution in [3.63, 3.8) is 0 Å². The molecular weight excluding hydrogens is 218 g/mol. The monoisotopic (exact) mass is 237 g/mol. The Bertz CT molecular complexity index is 408. The lowest BCUT2D eigenvalue weighted by molar-refractivity contribution is -0.143. The maximum atomic E-state index is 11.2. The zero-order valence-corrected chi connectivity index (χ0v) is 10.6. The van der Waals surface area contributed by atoms with Gasteiger partial charge in [0.1, 0.15) is 0 Å². The van der Waals surface area contributed by atoms with E-state index in [1.807, 2.05) is 31.6 Å². The minimum atomic E-state index is -0.699. The minimum Gasteiger partial charge on any atom is -0.481 e. The average molecular weight is 237 g/mol. The lowest BCUT2D eigenvalue weighted by atomic mass is 9.90. The SMILES string of the molecule is Cc1cc(N2CCC[C@H](C(=O)O)[C@H]2C)nn1C. The average Bonchev–Trinajstić information content (AvgIpc) is 2.59. The van der Waals surface area contributed by atoms with Crippen molar-refractivity contribution in [1.82, 2.24) is 9.78 Å². The number of aryl methyl sites for hydroxylation is 2. The molecule has 2 heterocycles. The predicted octanol–water partition coefficient (Wildman–Crippen LogP) is 1.42. The van der Waals surface area contributed by atoms with Crippen molar-refractivity contribution in [2.24, 2.45) is 13.0 Å². The highest BCUT2D eigenvalue weighted by Gasteiger charge is 2.33. The maximum Gasteiger partial charge on any atom is 0.308 e. The van der Waals surface area contributed by atoms with Crippen LogP contribution in [0.25, 0.3) is 0 Å². The number of anilines is 1. The molecule has 0 saturated carbocycles. The molecule has 1 aromatic rings. The molecule has 1 saturated heterocycles. The Kier molecular flexibility index (Phi) is 3.09. The van der Waals surface area contributed by atoms with E-state index in [-0.39, 0.29) is 12.0 Å². The Balaban J connectivity index is 2.23. The third-order valence-corrected chi connectivity index (χ3v) is 3.70. The number of carboxylic acids is 1. The van der Waals surface area contributed by atoms with Crippen LogP contribution in [0.3, 0.4) is 0 Å². The normalized spacial score (nSPS) is 25.0. The summed E-state index contributed by atoms with van der Waals surface area (Å²) in [6.45, 7) is 4.86. The van der Waals surface area contributed by atoms with Crippen LogP contribution in [0, 0.1) is 12.8 Å². The maximum absolute atomic E-state index is 11.2. The van der Waals surface area contributed by atoms with Gasteiger partial charge in [-0.1, -0.05) is 0 Å². The molecule has 0 aliphatic carbocycles. The molecule has 0 spiro atoms. The van der Waals surface area contributed by atoms with Crippen LogP contribution in [0.15, 0.2) is 6.07 Å². The third kappa shape index (κ3) is 2.14. The largest absolute Gasteiger partial charge is 0.481 e. The van der Waals surface area contributed by atoms with E-state index in [0.29, 0.717) is 0 Å². The highest BCUT2D eigenvalue weighted by atomic mass is 16.4. The first-order chi connectivity index (χ1) is 8.00. The van der Waals surface area contributed by atoms with Crippen molar-refractivity contribution >= 4 is 11.8 Å². The van der Waals surface area contributed by atoms with E-state index < -0.39 is 5.97 Å². The van der Waals surface area contributed by atoms with E-state index in [1.165, 1.54) is 0 Å². The van der Waals surface area contributed by atoms with Crippen molar-refractivity contribution in [3.05, 3.63) is 11.8 Å². The van der Waals surface area contributed by atoms with E-state index in [4.69, 9.17) is 0 Å². The number of rotatable bonds is 2. The molecular formula is C12H19N3O2. The van der Waals surface area contributed by atoms with E-state index in [2.05, 4.69) is 10.00 Å². The fraction of sp³-hybridized carbons (Fsp3) is 0.667. The minimum absolute atomic E-state index is 0.00977. The van der Waals surface area contributed by atoms with Gasteiger partial charge in [0.2, 0.25) is 0 Å². The first kappa shape index (κ1) is 12.0. The molecule has 1 aliphatic rings. The van der Waals surface area contributed by atoms with Gasteiger partial charge in [-0.2, -0.15) is 5.10 Å². The number of hydrogen-bond donors (Lipinski definition) is 1. The second-order valence-corrected chi connectivity index (χ2v) is 4.79. The van der Waals surface area contributed by atoms with Gasteiger partial charge in [-0.15, -0.1) is 0 Å². The van der Waals surface area contributed by atoms with E-state index >= 15 is 0 Å². The van der Waals surface area contributed by atoms with Crippen molar-refractivity contribution in [1.29, 1.82) is 0 Å². The van der Waals surface area contributed by atoms with Gasteiger partial charge in [0.15, 0.2) is 5.82 Å². The molecule has 17 heavy (non-hydrogen) atoms. The van der Waals surface area contributed by atoms with Gasteiger partial charge < -0.3 is 10.0 Å². The molecule has 5 nitrogen and oxygen atoms in total. The van der Waals surface area contributed by atoms with Crippen LogP contribution in [0.1, 0.15) is 25.5 Å². The zero-order valence-electron chi connectivity index (χ0n) is 10.6. The molecule has 1 fully saturated rings. The van der Waals surface area contributed by atoms with Gasteiger partial charge in [0.25, 0.3) is 0 Å². The summed E-state index contributed by atoms with van der Waals surface area (Å²) in [6.07, 6.45) is 1.68. The molecule has 0 radical (unpaired) electrons. The molecule has 94 valence electrons. The van der Waals surface area contributed by atoms with Crippen LogP contribution in [0.2, 0.25) is 0 Å². The number of hydrogen-bond acceptors (Lipinski definition) is 3. The zero-order chi connectivity index (χ0) is 12.6. The summed E-state index contributed by atoms with van der Waals surface area (Å²) < 4.78 is 1.83. The Labute approximate surface area is 101 Å². The smallest absolute Gasteiger partial charge is 0.308 e. The topological polar surface area (TPSA) is 58.4 Å². The number of carbonyl (C=O) groups is 1. The highest BCUT2D eigenvalue weighted by molar-refractivity contribution is 5.72. The van der Waals surface area contributed by atoms with Crippen LogP contribution in [0.5, 0.6) is 0 Å². The summed E-state index contributed by atoms with van der Waals surface area (Å²) in [5, 5.41) is 13.6. The van der Waals surface area contributed by atoms with Gasteiger partial charge in [0, 0.05) is 31.4 Å². The molecule has 2 rings (SSSR count). The molecule has 1 N–H and O–H groups in total. The molecule has 0 aromatic carbocycles. The second kappa shape index (κ2) is 4.39. The molecule has 0 bridgehead atoms. The summed E-state index contributed by atoms with van der Waals surface area (Å²) in [5.41, 5.74) is 1.09. The molecule has 1 aromatic heterocycles. The lowest BCUT2D eigenvalue weighted by Crippen LogP contribution is -2.46. The molecule has 2 atom stereocenters. The fourth-order valence-corrected chi connectivity index (χ4v) is 2.48.